The fraction of sp³-hybridized carbons (Fsp3) is 0. The van der Waals surface area contributed by atoms with Crippen molar-refractivity contribution in [2.45, 2.75) is 0 Å². The molecule has 0 radical (unpaired) electrons. The van der Waals surface area contributed by atoms with Crippen LogP contribution in [-0.4, -0.2) is 34.2 Å². The van der Waals surface area contributed by atoms with E-state index in [4.69, 9.17) is 5.73 Å². The van der Waals surface area contributed by atoms with E-state index in [1.165, 1.54) is 17.1 Å². The van der Waals surface area contributed by atoms with Crippen molar-refractivity contribution in [2.24, 2.45) is 9.64 Å². The summed E-state index contributed by atoms with van der Waals surface area (Å²) in [6.07, 6.45) is 3.50. The molecule has 5 nitrogen and oxygen atoms in total. The van der Waals surface area contributed by atoms with Crippen LogP contribution in [0.25, 0.3) is 33.5 Å². The molecule has 0 fully saturated rings. The molecule has 1 heterocycles. The molecular formula is C26H19AsN4O. The Morgan fingerprint density at radius 1 is 0.969 bits per heavy atom. The maximum absolute atomic E-state index is 12.9. The number of primary amides is 1. The van der Waals surface area contributed by atoms with E-state index in [-0.39, 0.29) is 5.56 Å². The molecule has 0 spiro atoms. The predicted octanol–water partition coefficient (Wildman–Crippen LogP) is 4.02. The number of hydrogen-bond acceptors (Lipinski definition) is 4. The Kier molecular flexibility index (Phi) is 6.26. The van der Waals surface area contributed by atoms with E-state index in [1.807, 2.05) is 66.7 Å². The number of rotatable bonds is 5. The molecule has 32 heavy (non-hydrogen) atoms. The summed E-state index contributed by atoms with van der Waals surface area (Å²) in [6, 6.07) is 26.7. The second-order valence-corrected chi connectivity index (χ2v) is 7.69. The van der Waals surface area contributed by atoms with E-state index in [0.717, 1.165) is 22.3 Å². The zero-order valence-electron chi connectivity index (χ0n) is 17.1. The average molecular weight is 478 g/mol. The van der Waals surface area contributed by atoms with Gasteiger partial charge in [0.2, 0.25) is 0 Å². The van der Waals surface area contributed by atoms with Crippen LogP contribution in [0.3, 0.4) is 0 Å². The van der Waals surface area contributed by atoms with Gasteiger partial charge in [-0.15, -0.1) is 0 Å². The van der Waals surface area contributed by atoms with Gasteiger partial charge < -0.3 is 0 Å². The van der Waals surface area contributed by atoms with Crippen LogP contribution in [0.2, 0.25) is 0 Å². The standard InChI is InChI=1S/C26H19AsN4O/c27-31-15-17-7-6-11-19(13-17)25-24(26(29)32)23(21-12-5-4-10-20(21)14-28)22(16-30-25)18-8-2-1-3-9-18/h1-13,15-16H,27H2,(H2,29,32). The van der Waals surface area contributed by atoms with E-state index >= 15 is 0 Å². The third-order valence-corrected chi connectivity index (χ3v) is 5.42. The number of nitriles is 1. The van der Waals surface area contributed by atoms with Crippen LogP contribution in [0.4, 0.5) is 0 Å². The Labute approximate surface area is 195 Å². The molecule has 0 aliphatic rings. The molecule has 1 atom stereocenters. The molecule has 2 N–H and O–H groups in total. The molecule has 0 aliphatic carbocycles. The van der Waals surface area contributed by atoms with E-state index in [2.05, 4.69) is 15.0 Å². The summed E-state index contributed by atoms with van der Waals surface area (Å²) in [6.45, 7) is 0. The number of nitrogens with zero attached hydrogens (tertiary/aromatic N) is 3. The second kappa shape index (κ2) is 9.43. The van der Waals surface area contributed by atoms with E-state index in [0.29, 0.717) is 22.4 Å². The zero-order valence-corrected chi connectivity index (χ0v) is 19.5. The number of hydrogen-bond donors (Lipinski definition) is 1. The Hall–Kier alpha value is -4.00. The van der Waals surface area contributed by atoms with Gasteiger partial charge in [0, 0.05) is 0 Å². The molecule has 1 aromatic heterocycles. The summed E-state index contributed by atoms with van der Waals surface area (Å²) in [5, 5.41) is 9.76. The first-order chi connectivity index (χ1) is 15.6. The molecule has 1 amide bonds. The Morgan fingerprint density at radius 3 is 2.41 bits per heavy atom. The number of aromatic nitrogens is 1. The molecular weight excluding hydrogens is 459 g/mol. The molecule has 0 saturated heterocycles. The van der Waals surface area contributed by atoms with Crippen molar-refractivity contribution in [2.75, 3.05) is 0 Å². The minimum atomic E-state index is -0.606. The van der Waals surface area contributed by atoms with Crippen LogP contribution >= 0.6 is 0 Å². The zero-order chi connectivity index (χ0) is 22.5. The first kappa shape index (κ1) is 21.2. The Bertz CT molecular complexity index is 1370. The monoisotopic (exact) mass is 478 g/mol. The van der Waals surface area contributed by atoms with Gasteiger partial charge in [-0.3, -0.25) is 0 Å². The Morgan fingerprint density at radius 2 is 1.69 bits per heavy atom. The first-order valence-corrected chi connectivity index (χ1v) is 10.9. The van der Waals surface area contributed by atoms with Crippen molar-refractivity contribution in [3.8, 4) is 39.6 Å². The summed E-state index contributed by atoms with van der Waals surface area (Å²) in [5.41, 5.74) is 11.7. The van der Waals surface area contributed by atoms with Gasteiger partial charge >= 0.3 is 189 Å². The van der Waals surface area contributed by atoms with Crippen molar-refractivity contribution in [1.29, 1.82) is 5.26 Å². The summed E-state index contributed by atoms with van der Waals surface area (Å²) in [7, 11) is 0. The van der Waals surface area contributed by atoms with Crippen molar-refractivity contribution < 1.29 is 4.79 Å². The van der Waals surface area contributed by atoms with Gasteiger partial charge in [0.15, 0.2) is 0 Å². The predicted molar refractivity (Wildman–Crippen MR) is 130 cm³/mol. The number of carbonyl (C=O) groups is 1. The quantitative estimate of drug-likeness (QED) is 0.347. The van der Waals surface area contributed by atoms with Crippen LogP contribution < -0.4 is 5.73 Å². The third-order valence-electron chi connectivity index (χ3n) is 5.11. The van der Waals surface area contributed by atoms with Gasteiger partial charge in [0.05, 0.1) is 0 Å². The third kappa shape index (κ3) is 4.09. The van der Waals surface area contributed by atoms with Gasteiger partial charge in [-0.05, 0) is 0 Å². The molecule has 6 heteroatoms. The summed E-state index contributed by atoms with van der Waals surface area (Å²) >= 11 is 1.25. The van der Waals surface area contributed by atoms with Crippen LogP contribution in [0.15, 0.2) is 89.0 Å². The van der Waals surface area contributed by atoms with E-state index in [9.17, 15) is 10.1 Å². The fourth-order valence-electron chi connectivity index (χ4n) is 3.74. The molecule has 3 aromatic carbocycles. The topological polar surface area (TPSA) is 92.1 Å². The maximum atomic E-state index is 12.9. The molecule has 0 bridgehead atoms. The summed E-state index contributed by atoms with van der Waals surface area (Å²) in [4.78, 5) is 17.5. The minimum absolute atomic E-state index is 0.281. The van der Waals surface area contributed by atoms with Gasteiger partial charge in [-0.1, -0.05) is 6.07 Å². The van der Waals surface area contributed by atoms with Crippen molar-refractivity contribution in [3.63, 3.8) is 0 Å². The number of nitrogens with two attached hydrogens (primary N) is 1. The van der Waals surface area contributed by atoms with Crippen molar-refractivity contribution in [3.05, 3.63) is 102 Å². The SMILES string of the molecule is N#Cc1ccccc1-c1c(-c2ccccc2)cnc(-c2cccc(C=N[AsH2])c2)c1C(N)=O. The second-order valence-electron chi connectivity index (χ2n) is 7.06. The van der Waals surface area contributed by atoms with Crippen LogP contribution in [0.5, 0.6) is 0 Å². The van der Waals surface area contributed by atoms with Gasteiger partial charge in [-0.2, -0.15) is 0 Å². The molecule has 4 aromatic rings. The molecule has 0 saturated carbocycles. The van der Waals surface area contributed by atoms with Crippen LogP contribution in [0, 0.1) is 11.3 Å². The number of benzene rings is 3. The van der Waals surface area contributed by atoms with Gasteiger partial charge in [0.1, 0.15) is 0 Å². The molecule has 0 aliphatic heterocycles. The summed E-state index contributed by atoms with van der Waals surface area (Å²) < 4.78 is 4.13. The molecule has 1 unspecified atom stereocenters. The van der Waals surface area contributed by atoms with Crippen molar-refractivity contribution in [1.82, 2.24) is 4.98 Å². The van der Waals surface area contributed by atoms with Crippen molar-refractivity contribution >= 4 is 29.2 Å². The number of pyridine rings is 1. The normalized spacial score (nSPS) is 10.8. The fourth-order valence-corrected chi connectivity index (χ4v) is 4.10. The molecule has 154 valence electrons. The first-order valence-electron chi connectivity index (χ1n) is 9.85. The number of carbonyl (C=O) groups excluding carboxylic acids is 1. The van der Waals surface area contributed by atoms with Gasteiger partial charge in [0.25, 0.3) is 0 Å². The average Bonchev–Trinajstić information content (AvgIpc) is 2.84. The van der Waals surface area contributed by atoms with E-state index in [1.54, 1.807) is 24.5 Å². The van der Waals surface area contributed by atoms with Gasteiger partial charge in [-0.25, -0.2) is 0 Å². The summed E-state index contributed by atoms with van der Waals surface area (Å²) in [5.74, 6) is -0.606. The van der Waals surface area contributed by atoms with Crippen LogP contribution in [-0.2, 0) is 0 Å². The van der Waals surface area contributed by atoms with Crippen LogP contribution in [0.1, 0.15) is 21.5 Å². The Balaban J connectivity index is 2.11. The van der Waals surface area contributed by atoms with E-state index < -0.39 is 5.91 Å². The number of amides is 1. The molecule has 4 rings (SSSR count).